The summed E-state index contributed by atoms with van der Waals surface area (Å²) in [7, 11) is 0. The fraction of sp³-hybridized carbons (Fsp3) is 0.565. The molecule has 7 nitrogen and oxygen atoms in total. The lowest BCUT2D eigenvalue weighted by molar-refractivity contribution is -0.154. The summed E-state index contributed by atoms with van der Waals surface area (Å²) in [6, 6.07) is 6.95. The van der Waals surface area contributed by atoms with Crippen molar-refractivity contribution in [2.45, 2.75) is 70.6 Å². The first kappa shape index (κ1) is 23.6. The van der Waals surface area contributed by atoms with Crippen LogP contribution in [-0.2, 0) is 9.59 Å². The van der Waals surface area contributed by atoms with Gasteiger partial charge in [0, 0.05) is 6.54 Å². The van der Waals surface area contributed by atoms with Crippen LogP contribution in [0.4, 0.5) is 0 Å². The van der Waals surface area contributed by atoms with Gasteiger partial charge in [-0.2, -0.15) is 0 Å². The predicted molar refractivity (Wildman–Crippen MR) is 111 cm³/mol. The van der Waals surface area contributed by atoms with Crippen molar-refractivity contribution in [1.82, 2.24) is 4.90 Å². The van der Waals surface area contributed by atoms with Crippen molar-refractivity contribution >= 4 is 23.8 Å². The Morgan fingerprint density at radius 3 is 1.53 bits per heavy atom. The first-order valence-corrected chi connectivity index (χ1v) is 10.8. The van der Waals surface area contributed by atoms with Gasteiger partial charge in [0.05, 0.1) is 11.1 Å². The molecule has 0 radical (unpaired) electrons. The van der Waals surface area contributed by atoms with Crippen LogP contribution in [0, 0.1) is 5.92 Å². The van der Waals surface area contributed by atoms with Gasteiger partial charge in [-0.25, -0.2) is 0 Å². The van der Waals surface area contributed by atoms with E-state index in [1.165, 1.54) is 4.90 Å². The smallest absolute Gasteiger partial charge is 0.317 e. The van der Waals surface area contributed by atoms with Crippen LogP contribution in [0.15, 0.2) is 24.3 Å². The van der Waals surface area contributed by atoms with E-state index in [-0.39, 0.29) is 18.2 Å². The quantitative estimate of drug-likeness (QED) is 0.249. The summed E-state index contributed by atoms with van der Waals surface area (Å²) < 4.78 is 0. The second kappa shape index (κ2) is 12.1. The molecule has 1 aliphatic rings. The zero-order valence-electron chi connectivity index (χ0n) is 17.3. The molecule has 164 valence electrons. The average molecular weight is 418 g/mol. The Hall–Kier alpha value is -2.70. The van der Waals surface area contributed by atoms with E-state index in [2.05, 4.69) is 0 Å². The van der Waals surface area contributed by atoms with E-state index in [9.17, 15) is 19.2 Å². The van der Waals surface area contributed by atoms with Gasteiger partial charge in [-0.3, -0.25) is 24.1 Å². The molecule has 0 aromatic heterocycles. The molecule has 0 fully saturated rings. The molecule has 0 unspecified atom stereocenters. The fourth-order valence-corrected chi connectivity index (χ4v) is 3.83. The van der Waals surface area contributed by atoms with Crippen LogP contribution in [0.2, 0.25) is 0 Å². The maximum Gasteiger partial charge on any atom is 0.317 e. The topological polar surface area (TPSA) is 112 Å². The van der Waals surface area contributed by atoms with Crippen LogP contribution < -0.4 is 0 Å². The first-order valence-electron chi connectivity index (χ1n) is 10.8. The van der Waals surface area contributed by atoms with Gasteiger partial charge in [-0.05, 0) is 25.0 Å². The molecular weight excluding hydrogens is 386 g/mol. The molecule has 0 aliphatic carbocycles. The SMILES string of the molecule is O=C(O)C(CCCCCCCCCCCCN1C(=O)c2ccccc2C1=O)C(=O)O. The van der Waals surface area contributed by atoms with E-state index < -0.39 is 17.9 Å². The van der Waals surface area contributed by atoms with E-state index in [1.54, 1.807) is 24.3 Å². The van der Waals surface area contributed by atoms with Crippen molar-refractivity contribution in [2.24, 2.45) is 5.92 Å². The standard InChI is InChI=1S/C23H31NO6/c25-20-17-13-10-11-14-18(17)21(26)24(20)16-12-8-6-4-2-1-3-5-7-9-15-19(22(27)28)23(29)30/h10-11,13-14,19H,1-9,12,15-16H2,(H,27,28)(H,29,30). The summed E-state index contributed by atoms with van der Waals surface area (Å²) in [5, 5.41) is 17.6. The van der Waals surface area contributed by atoms with Crippen molar-refractivity contribution in [3.63, 3.8) is 0 Å². The van der Waals surface area contributed by atoms with E-state index in [0.717, 1.165) is 57.8 Å². The number of amides is 2. The van der Waals surface area contributed by atoms with Gasteiger partial charge in [-0.1, -0.05) is 69.9 Å². The Morgan fingerprint density at radius 1 is 0.700 bits per heavy atom. The molecule has 2 N–H and O–H groups in total. The summed E-state index contributed by atoms with van der Waals surface area (Å²) in [5.41, 5.74) is 1.01. The van der Waals surface area contributed by atoms with Crippen molar-refractivity contribution in [2.75, 3.05) is 6.54 Å². The molecule has 0 saturated heterocycles. The molecule has 1 heterocycles. The highest BCUT2D eigenvalue weighted by atomic mass is 16.4. The van der Waals surface area contributed by atoms with Gasteiger partial charge in [0.2, 0.25) is 0 Å². The van der Waals surface area contributed by atoms with Gasteiger partial charge < -0.3 is 10.2 Å². The number of imide groups is 1. The normalized spacial score (nSPS) is 13.2. The molecule has 1 aliphatic heterocycles. The number of carboxylic acid groups (broad SMARTS) is 2. The molecule has 0 bridgehead atoms. The monoisotopic (exact) mass is 417 g/mol. The Morgan fingerprint density at radius 2 is 1.10 bits per heavy atom. The third-order valence-corrected chi connectivity index (χ3v) is 5.60. The van der Waals surface area contributed by atoms with Crippen LogP contribution in [0.3, 0.4) is 0 Å². The fourth-order valence-electron chi connectivity index (χ4n) is 3.83. The Bertz CT molecular complexity index is 711. The third-order valence-electron chi connectivity index (χ3n) is 5.60. The number of benzene rings is 1. The second-order valence-electron chi connectivity index (χ2n) is 7.86. The van der Waals surface area contributed by atoms with Crippen LogP contribution in [0.5, 0.6) is 0 Å². The number of nitrogens with zero attached hydrogens (tertiary/aromatic N) is 1. The molecular formula is C23H31NO6. The first-order chi connectivity index (χ1) is 14.4. The number of hydrogen-bond acceptors (Lipinski definition) is 4. The molecule has 1 aromatic carbocycles. The molecule has 0 saturated carbocycles. The third kappa shape index (κ3) is 6.68. The summed E-state index contributed by atoms with van der Waals surface area (Å²) >= 11 is 0. The average Bonchev–Trinajstić information content (AvgIpc) is 2.95. The minimum atomic E-state index is -1.29. The molecule has 7 heteroatoms. The number of aliphatic carboxylic acids is 2. The van der Waals surface area contributed by atoms with Crippen molar-refractivity contribution in [1.29, 1.82) is 0 Å². The summed E-state index contributed by atoms with van der Waals surface area (Å²) in [6.45, 7) is 0.472. The van der Waals surface area contributed by atoms with E-state index in [1.807, 2.05) is 0 Å². The largest absolute Gasteiger partial charge is 0.481 e. The van der Waals surface area contributed by atoms with Crippen LogP contribution >= 0.6 is 0 Å². The van der Waals surface area contributed by atoms with Crippen LogP contribution in [-0.4, -0.2) is 45.4 Å². The van der Waals surface area contributed by atoms with Gasteiger partial charge >= 0.3 is 11.9 Å². The molecule has 1 aromatic rings. The Balaban J connectivity index is 1.45. The van der Waals surface area contributed by atoms with Gasteiger partial charge in [0.15, 0.2) is 5.92 Å². The van der Waals surface area contributed by atoms with E-state index >= 15 is 0 Å². The number of carbonyl (C=O) groups is 4. The Labute approximate surface area is 177 Å². The predicted octanol–water partition coefficient (Wildman–Crippen LogP) is 4.36. The highest BCUT2D eigenvalue weighted by Crippen LogP contribution is 2.23. The lowest BCUT2D eigenvalue weighted by atomic mass is 10.00. The summed E-state index contributed by atoms with van der Waals surface area (Å²) in [4.78, 5) is 47.5. The molecule has 0 atom stereocenters. The zero-order chi connectivity index (χ0) is 21.9. The number of hydrogen-bond donors (Lipinski definition) is 2. The number of rotatable bonds is 15. The lowest BCUT2D eigenvalue weighted by Crippen LogP contribution is -2.30. The molecule has 2 rings (SSSR count). The maximum atomic E-state index is 12.3. The number of carbonyl (C=O) groups excluding carboxylic acids is 2. The van der Waals surface area contributed by atoms with Crippen molar-refractivity contribution in [3.05, 3.63) is 35.4 Å². The molecule has 30 heavy (non-hydrogen) atoms. The van der Waals surface area contributed by atoms with Crippen LogP contribution in [0.1, 0.15) is 91.3 Å². The highest BCUT2D eigenvalue weighted by Gasteiger charge is 2.34. The number of carboxylic acids is 2. The molecule has 0 spiro atoms. The van der Waals surface area contributed by atoms with Crippen molar-refractivity contribution < 1.29 is 29.4 Å². The Kier molecular flexibility index (Phi) is 9.51. The van der Waals surface area contributed by atoms with Gasteiger partial charge in [0.1, 0.15) is 0 Å². The highest BCUT2D eigenvalue weighted by molar-refractivity contribution is 6.21. The van der Waals surface area contributed by atoms with Crippen molar-refractivity contribution in [3.8, 4) is 0 Å². The van der Waals surface area contributed by atoms with Crippen LogP contribution in [0.25, 0.3) is 0 Å². The minimum Gasteiger partial charge on any atom is -0.481 e. The van der Waals surface area contributed by atoms with E-state index in [4.69, 9.17) is 10.2 Å². The minimum absolute atomic E-state index is 0.186. The van der Waals surface area contributed by atoms with Gasteiger partial charge in [0.25, 0.3) is 11.8 Å². The van der Waals surface area contributed by atoms with E-state index in [0.29, 0.717) is 24.1 Å². The van der Waals surface area contributed by atoms with Gasteiger partial charge in [-0.15, -0.1) is 0 Å². The maximum absolute atomic E-state index is 12.3. The second-order valence-corrected chi connectivity index (χ2v) is 7.86. The number of unbranched alkanes of at least 4 members (excludes halogenated alkanes) is 9. The summed E-state index contributed by atoms with van der Waals surface area (Å²) in [5.74, 6) is -4.18. The lowest BCUT2D eigenvalue weighted by Gasteiger charge is -2.13. The molecule has 2 amide bonds. The summed E-state index contributed by atoms with van der Waals surface area (Å²) in [6.07, 6.45) is 9.96. The zero-order valence-corrected chi connectivity index (χ0v) is 17.3. The number of fused-ring (bicyclic) bond motifs is 1.